The van der Waals surface area contributed by atoms with Crippen LogP contribution in [0.1, 0.15) is 16.7 Å². The number of para-hydroxylation sites is 1. The summed E-state index contributed by atoms with van der Waals surface area (Å²) in [5.74, 6) is 0.0269. The number of urea groups is 1. The first-order chi connectivity index (χ1) is 23.5. The monoisotopic (exact) mass is 690 g/mol. The van der Waals surface area contributed by atoms with Gasteiger partial charge in [-0.05, 0) is 29.3 Å². The van der Waals surface area contributed by atoms with Gasteiger partial charge in [-0.15, -0.1) is 6.58 Å². The fraction of sp³-hybridized carbons (Fsp3) is 0.324. The maximum absolute atomic E-state index is 14.4. The van der Waals surface area contributed by atoms with Gasteiger partial charge in [-0.1, -0.05) is 60.7 Å². The third kappa shape index (κ3) is 7.57. The van der Waals surface area contributed by atoms with Crippen LogP contribution in [0.2, 0.25) is 0 Å². The van der Waals surface area contributed by atoms with Gasteiger partial charge < -0.3 is 29.3 Å². The van der Waals surface area contributed by atoms with Crippen LogP contribution in [0.25, 0.3) is 0 Å². The van der Waals surface area contributed by atoms with Crippen LogP contribution in [-0.4, -0.2) is 99.5 Å². The lowest BCUT2D eigenvalue weighted by atomic mass is 9.98. The van der Waals surface area contributed by atoms with Crippen molar-refractivity contribution in [3.8, 4) is 11.5 Å². The molecule has 0 spiro atoms. The van der Waals surface area contributed by atoms with Crippen molar-refractivity contribution >= 4 is 31.4 Å². The van der Waals surface area contributed by atoms with Gasteiger partial charge in [0.15, 0.2) is 0 Å². The number of benzene rings is 3. The van der Waals surface area contributed by atoms with Crippen molar-refractivity contribution in [2.24, 2.45) is 0 Å². The van der Waals surface area contributed by atoms with Crippen LogP contribution in [0.3, 0.4) is 0 Å². The third-order valence-electron chi connectivity index (χ3n) is 8.76. The molecule has 15 heteroatoms. The Morgan fingerprint density at radius 1 is 1.06 bits per heavy atom. The van der Waals surface area contributed by atoms with Crippen molar-refractivity contribution in [2.75, 3.05) is 44.7 Å². The Morgan fingerprint density at radius 2 is 1.82 bits per heavy atom. The minimum Gasteiger partial charge on any atom is -0.489 e. The summed E-state index contributed by atoms with van der Waals surface area (Å²) >= 11 is 0. The summed E-state index contributed by atoms with van der Waals surface area (Å²) in [5.41, 5.74) is 3.24. The molecule has 3 aromatic rings. The van der Waals surface area contributed by atoms with Crippen LogP contribution in [0.15, 0.2) is 85.5 Å². The number of phosphoric ester groups is 1. The van der Waals surface area contributed by atoms with Gasteiger partial charge in [-0.2, -0.15) is 0 Å². The lowest BCUT2D eigenvalue weighted by Crippen LogP contribution is -2.76. The van der Waals surface area contributed by atoms with Gasteiger partial charge in [0.1, 0.15) is 30.3 Å². The Morgan fingerprint density at radius 3 is 2.53 bits per heavy atom. The summed E-state index contributed by atoms with van der Waals surface area (Å²) in [7, 11) is -2.78. The standard InChI is InChI=1S/C34H39N6O8P/c1-3-16-38-23-31(41)39-29(19-24-12-14-27(15-13-24)48-49(44,45)46)33(42)37(21-26-10-7-11-28-32(26)47-18-17-36(28)2)22-30(39)40(38)34(43)35-20-25-8-5-4-6-9-25/h3-15,29-30H,1,16-23H2,2H3,(H,35,43)(H2,44,45,46)/t29-,30-/m0/s1. The smallest absolute Gasteiger partial charge is 0.489 e. The number of hydrazine groups is 1. The molecule has 0 aliphatic carbocycles. The van der Waals surface area contributed by atoms with Crippen molar-refractivity contribution < 1.29 is 38.0 Å². The summed E-state index contributed by atoms with van der Waals surface area (Å²) in [5, 5.41) is 6.13. The van der Waals surface area contributed by atoms with E-state index in [1.54, 1.807) is 28.1 Å². The van der Waals surface area contributed by atoms with E-state index in [1.807, 2.05) is 55.6 Å². The number of carbonyl (C=O) groups excluding carboxylic acids is 3. The van der Waals surface area contributed by atoms with Crippen molar-refractivity contribution in [3.63, 3.8) is 0 Å². The highest BCUT2D eigenvalue weighted by Crippen LogP contribution is 2.38. The largest absolute Gasteiger partial charge is 0.524 e. The molecule has 0 bridgehead atoms. The first kappa shape index (κ1) is 34.0. The SMILES string of the molecule is C=CCN1CC(=O)N2[C@@H](Cc3ccc(OP(=O)(O)O)cc3)C(=O)N(Cc3cccc4c3OCCN4C)C[C@@H]2N1C(=O)NCc1ccccc1. The minimum atomic E-state index is -4.77. The molecule has 3 aliphatic rings. The van der Waals surface area contributed by atoms with E-state index in [9.17, 15) is 28.7 Å². The average Bonchev–Trinajstić information content (AvgIpc) is 3.07. The Kier molecular flexibility index (Phi) is 9.93. The Bertz CT molecular complexity index is 1750. The molecule has 0 aromatic heterocycles. The lowest BCUT2D eigenvalue weighted by molar-refractivity contribution is -0.189. The number of fused-ring (bicyclic) bond motifs is 2. The molecule has 3 aliphatic heterocycles. The van der Waals surface area contributed by atoms with E-state index in [4.69, 9.17) is 4.74 Å². The zero-order valence-electron chi connectivity index (χ0n) is 27.1. The van der Waals surface area contributed by atoms with Crippen LogP contribution in [0, 0.1) is 0 Å². The number of amides is 4. The molecule has 14 nitrogen and oxygen atoms in total. The predicted molar refractivity (Wildman–Crippen MR) is 180 cm³/mol. The number of piperazine rings is 1. The molecule has 6 rings (SSSR count). The number of ether oxygens (including phenoxy) is 1. The number of hydrogen-bond acceptors (Lipinski definition) is 8. The fourth-order valence-corrected chi connectivity index (χ4v) is 6.92. The lowest BCUT2D eigenvalue weighted by Gasteiger charge is -2.55. The molecule has 49 heavy (non-hydrogen) atoms. The van der Waals surface area contributed by atoms with Gasteiger partial charge in [0.05, 0.1) is 25.3 Å². The molecule has 0 unspecified atom stereocenters. The van der Waals surface area contributed by atoms with E-state index in [1.165, 1.54) is 22.0 Å². The molecular weight excluding hydrogens is 651 g/mol. The van der Waals surface area contributed by atoms with Crippen LogP contribution in [0.4, 0.5) is 10.5 Å². The van der Waals surface area contributed by atoms with Crippen molar-refractivity contribution in [1.29, 1.82) is 0 Å². The minimum absolute atomic E-state index is 0.0410. The van der Waals surface area contributed by atoms with Crippen molar-refractivity contribution in [3.05, 3.63) is 102 Å². The first-order valence-electron chi connectivity index (χ1n) is 15.9. The number of rotatable bonds is 10. The highest BCUT2D eigenvalue weighted by molar-refractivity contribution is 7.46. The molecule has 2 fully saturated rings. The van der Waals surface area contributed by atoms with E-state index < -0.39 is 26.1 Å². The number of hydrogen-bond donors (Lipinski definition) is 3. The zero-order valence-corrected chi connectivity index (χ0v) is 27.9. The summed E-state index contributed by atoms with van der Waals surface area (Å²) in [6.07, 6.45) is 0.857. The van der Waals surface area contributed by atoms with Gasteiger partial charge in [-0.3, -0.25) is 19.4 Å². The molecule has 0 radical (unpaired) electrons. The highest BCUT2D eigenvalue weighted by atomic mass is 31.2. The fourth-order valence-electron chi connectivity index (χ4n) is 6.52. The number of nitrogens with zero attached hydrogens (tertiary/aromatic N) is 5. The molecule has 2 saturated heterocycles. The molecular formula is C34H39N6O8P. The Balaban J connectivity index is 1.35. The second-order valence-electron chi connectivity index (χ2n) is 12.1. The zero-order chi connectivity index (χ0) is 34.7. The number of likely N-dealkylation sites (N-methyl/N-ethyl adjacent to an activating group) is 1. The van der Waals surface area contributed by atoms with Gasteiger partial charge in [0.25, 0.3) is 0 Å². The maximum Gasteiger partial charge on any atom is 0.524 e. The average molecular weight is 691 g/mol. The summed E-state index contributed by atoms with van der Waals surface area (Å²) in [4.78, 5) is 66.0. The summed E-state index contributed by atoms with van der Waals surface area (Å²) in [6, 6.07) is 19.8. The molecule has 3 aromatic carbocycles. The number of carbonyl (C=O) groups is 3. The molecule has 4 amide bonds. The highest BCUT2D eigenvalue weighted by Gasteiger charge is 2.51. The van der Waals surface area contributed by atoms with E-state index in [2.05, 4.69) is 21.3 Å². The van der Waals surface area contributed by atoms with E-state index in [-0.39, 0.29) is 56.7 Å². The van der Waals surface area contributed by atoms with Crippen LogP contribution < -0.4 is 19.5 Å². The normalized spacial score (nSPS) is 19.6. The van der Waals surface area contributed by atoms with Gasteiger partial charge >= 0.3 is 13.9 Å². The number of nitrogens with one attached hydrogen (secondary N) is 1. The first-order valence-corrected chi connectivity index (χ1v) is 17.4. The van der Waals surface area contributed by atoms with Crippen LogP contribution in [-0.2, 0) is 33.7 Å². The van der Waals surface area contributed by atoms with Gasteiger partial charge in [0, 0.05) is 38.7 Å². The Labute approximate surface area is 284 Å². The Hall–Kier alpha value is -4.88. The molecule has 258 valence electrons. The van der Waals surface area contributed by atoms with E-state index >= 15 is 0 Å². The van der Waals surface area contributed by atoms with Crippen LogP contribution in [0.5, 0.6) is 11.5 Å². The second-order valence-corrected chi connectivity index (χ2v) is 13.3. The quantitative estimate of drug-likeness (QED) is 0.214. The maximum atomic E-state index is 14.4. The summed E-state index contributed by atoms with van der Waals surface area (Å²) < 4.78 is 22.1. The second kappa shape index (κ2) is 14.3. The number of phosphoric acid groups is 1. The predicted octanol–water partition coefficient (Wildman–Crippen LogP) is 2.72. The van der Waals surface area contributed by atoms with E-state index in [0.29, 0.717) is 17.9 Å². The summed E-state index contributed by atoms with van der Waals surface area (Å²) in [6.45, 7) is 5.62. The number of anilines is 1. The van der Waals surface area contributed by atoms with Crippen molar-refractivity contribution in [2.45, 2.75) is 31.7 Å². The molecule has 2 atom stereocenters. The van der Waals surface area contributed by atoms with Gasteiger partial charge in [-0.25, -0.2) is 19.4 Å². The van der Waals surface area contributed by atoms with Crippen LogP contribution >= 0.6 is 7.82 Å². The van der Waals surface area contributed by atoms with Gasteiger partial charge in [0.2, 0.25) is 11.8 Å². The van der Waals surface area contributed by atoms with Crippen molar-refractivity contribution in [1.82, 2.24) is 25.1 Å². The topological polar surface area (TPSA) is 155 Å². The molecule has 3 heterocycles. The molecule has 3 N–H and O–H groups in total. The van der Waals surface area contributed by atoms with E-state index in [0.717, 1.165) is 23.4 Å². The molecule has 0 saturated carbocycles. The third-order valence-corrected chi connectivity index (χ3v) is 9.21.